The van der Waals surface area contributed by atoms with Crippen LogP contribution in [0, 0.1) is 5.92 Å². The van der Waals surface area contributed by atoms with Gasteiger partial charge in [0.2, 0.25) is 0 Å². The summed E-state index contributed by atoms with van der Waals surface area (Å²) in [6.45, 7) is 9.15. The molecule has 1 atom stereocenters. The van der Waals surface area contributed by atoms with Gasteiger partial charge in [-0.2, -0.15) is 0 Å². The Morgan fingerprint density at radius 2 is 1.71 bits per heavy atom. The lowest BCUT2D eigenvalue weighted by molar-refractivity contribution is 0.631. The molecule has 0 fully saturated rings. The van der Waals surface area contributed by atoms with Crippen molar-refractivity contribution in [1.29, 1.82) is 0 Å². The fourth-order valence-electron chi connectivity index (χ4n) is 1.86. The molecule has 0 saturated heterocycles. The van der Waals surface area contributed by atoms with Gasteiger partial charge in [-0.3, -0.25) is 0 Å². The summed E-state index contributed by atoms with van der Waals surface area (Å²) in [5.74, 6) is 1.45. The molecule has 0 saturated carbocycles. The van der Waals surface area contributed by atoms with E-state index in [9.17, 15) is 0 Å². The van der Waals surface area contributed by atoms with Gasteiger partial charge in [-0.25, -0.2) is 0 Å². The largest absolute Gasteiger partial charge is 0.0648 e. The Bertz CT molecular complexity index is 273. The molecule has 0 aliphatic heterocycles. The highest BCUT2D eigenvalue weighted by atomic mass is 14.1. The zero-order chi connectivity index (χ0) is 10.6. The number of hydrogen-bond acceptors (Lipinski definition) is 0. The van der Waals surface area contributed by atoms with E-state index in [-0.39, 0.29) is 0 Å². The van der Waals surface area contributed by atoms with Crippen LogP contribution in [0.4, 0.5) is 0 Å². The van der Waals surface area contributed by atoms with Gasteiger partial charge in [0, 0.05) is 0 Å². The maximum atomic E-state index is 2.32. The summed E-state index contributed by atoms with van der Waals surface area (Å²) in [5, 5.41) is 0. The Hall–Kier alpha value is -0.780. The quantitative estimate of drug-likeness (QED) is 0.660. The Morgan fingerprint density at radius 1 is 1.07 bits per heavy atom. The van der Waals surface area contributed by atoms with Gasteiger partial charge in [0.1, 0.15) is 0 Å². The van der Waals surface area contributed by atoms with Crippen molar-refractivity contribution in [3.05, 3.63) is 35.4 Å². The van der Waals surface area contributed by atoms with Gasteiger partial charge in [0.05, 0.1) is 0 Å². The van der Waals surface area contributed by atoms with Crippen LogP contribution >= 0.6 is 0 Å². The van der Waals surface area contributed by atoms with Gasteiger partial charge in [-0.15, -0.1) is 0 Å². The van der Waals surface area contributed by atoms with Crippen molar-refractivity contribution < 1.29 is 0 Å². The van der Waals surface area contributed by atoms with E-state index in [0.717, 1.165) is 5.92 Å². The summed E-state index contributed by atoms with van der Waals surface area (Å²) in [6.07, 6.45) is 2.44. The molecule has 0 spiro atoms. The molecule has 14 heavy (non-hydrogen) atoms. The average Bonchev–Trinajstić information content (AvgIpc) is 2.16. The number of hydrogen-bond donors (Lipinski definition) is 0. The van der Waals surface area contributed by atoms with Crippen molar-refractivity contribution in [2.75, 3.05) is 0 Å². The highest BCUT2D eigenvalue weighted by Gasteiger charge is 2.08. The minimum Gasteiger partial charge on any atom is -0.0648 e. The van der Waals surface area contributed by atoms with Gasteiger partial charge in [-0.1, -0.05) is 52.0 Å². The molecular weight excluding hydrogens is 168 g/mol. The minimum atomic E-state index is 0.699. The second kappa shape index (κ2) is 5.19. The van der Waals surface area contributed by atoms with E-state index in [2.05, 4.69) is 52.0 Å². The van der Waals surface area contributed by atoms with Crippen molar-refractivity contribution >= 4 is 0 Å². The van der Waals surface area contributed by atoms with Crippen molar-refractivity contribution in [1.82, 2.24) is 0 Å². The van der Waals surface area contributed by atoms with E-state index in [1.165, 1.54) is 18.4 Å². The van der Waals surface area contributed by atoms with Crippen LogP contribution in [0.2, 0.25) is 0 Å². The highest BCUT2D eigenvalue weighted by molar-refractivity contribution is 5.30. The second-order valence-electron chi connectivity index (χ2n) is 4.61. The van der Waals surface area contributed by atoms with E-state index >= 15 is 0 Å². The van der Waals surface area contributed by atoms with Gasteiger partial charge in [0.15, 0.2) is 0 Å². The van der Waals surface area contributed by atoms with E-state index < -0.39 is 0 Å². The van der Waals surface area contributed by atoms with Crippen LogP contribution in [-0.2, 0) is 6.42 Å². The van der Waals surface area contributed by atoms with Crippen LogP contribution in [-0.4, -0.2) is 0 Å². The molecule has 78 valence electrons. The molecule has 0 nitrogen and oxygen atoms in total. The molecule has 1 rings (SSSR count). The lowest BCUT2D eigenvalue weighted by atomic mass is 9.90. The van der Waals surface area contributed by atoms with E-state index in [1.54, 1.807) is 5.56 Å². The fraction of sp³-hybridized carbons (Fsp3) is 0.571. The molecule has 0 aromatic heterocycles. The third kappa shape index (κ3) is 2.87. The summed E-state index contributed by atoms with van der Waals surface area (Å²) in [4.78, 5) is 0. The maximum Gasteiger partial charge on any atom is -0.0190 e. The molecular formula is C14H22. The molecule has 0 N–H and O–H groups in total. The van der Waals surface area contributed by atoms with E-state index in [0.29, 0.717) is 5.92 Å². The predicted molar refractivity (Wildman–Crippen MR) is 63.7 cm³/mol. The SMILES string of the molecule is CCC(C)c1ccccc1CC(C)C. The predicted octanol–water partition coefficient (Wildman–Crippen LogP) is 4.40. The smallest absolute Gasteiger partial charge is 0.0190 e. The van der Waals surface area contributed by atoms with E-state index in [4.69, 9.17) is 0 Å². The van der Waals surface area contributed by atoms with Crippen LogP contribution in [0.25, 0.3) is 0 Å². The lowest BCUT2D eigenvalue weighted by Gasteiger charge is -2.16. The van der Waals surface area contributed by atoms with Crippen molar-refractivity contribution in [2.24, 2.45) is 5.92 Å². The molecule has 0 bridgehead atoms. The summed E-state index contributed by atoms with van der Waals surface area (Å²) >= 11 is 0. The van der Waals surface area contributed by atoms with Crippen LogP contribution in [0.5, 0.6) is 0 Å². The van der Waals surface area contributed by atoms with Crippen LogP contribution in [0.1, 0.15) is 51.2 Å². The normalized spacial score (nSPS) is 13.2. The lowest BCUT2D eigenvalue weighted by Crippen LogP contribution is -2.01. The molecule has 0 aliphatic rings. The van der Waals surface area contributed by atoms with Gasteiger partial charge < -0.3 is 0 Å². The first-order chi connectivity index (χ1) is 6.65. The van der Waals surface area contributed by atoms with Gasteiger partial charge in [0.25, 0.3) is 0 Å². The Balaban J connectivity index is 2.91. The number of benzene rings is 1. The molecule has 1 aromatic rings. The summed E-state index contributed by atoms with van der Waals surface area (Å²) in [5.41, 5.74) is 3.08. The van der Waals surface area contributed by atoms with Crippen molar-refractivity contribution in [3.8, 4) is 0 Å². The molecule has 0 heterocycles. The van der Waals surface area contributed by atoms with E-state index in [1.807, 2.05) is 0 Å². The molecule has 1 aromatic carbocycles. The molecule has 0 aliphatic carbocycles. The average molecular weight is 190 g/mol. The molecule has 1 unspecified atom stereocenters. The maximum absolute atomic E-state index is 2.32. The summed E-state index contributed by atoms with van der Waals surface area (Å²) in [7, 11) is 0. The fourth-order valence-corrected chi connectivity index (χ4v) is 1.86. The van der Waals surface area contributed by atoms with Crippen LogP contribution < -0.4 is 0 Å². The first-order valence-electron chi connectivity index (χ1n) is 5.73. The Morgan fingerprint density at radius 3 is 2.29 bits per heavy atom. The topological polar surface area (TPSA) is 0 Å². The molecule has 0 amide bonds. The van der Waals surface area contributed by atoms with Gasteiger partial charge in [-0.05, 0) is 35.8 Å². The van der Waals surface area contributed by atoms with Crippen molar-refractivity contribution in [2.45, 2.75) is 46.5 Å². The Kier molecular flexibility index (Phi) is 4.19. The monoisotopic (exact) mass is 190 g/mol. The first kappa shape index (κ1) is 11.3. The van der Waals surface area contributed by atoms with Crippen molar-refractivity contribution in [3.63, 3.8) is 0 Å². The zero-order valence-corrected chi connectivity index (χ0v) is 9.88. The molecule has 0 heteroatoms. The zero-order valence-electron chi connectivity index (χ0n) is 9.88. The third-order valence-electron chi connectivity index (χ3n) is 2.83. The van der Waals surface area contributed by atoms with Crippen LogP contribution in [0.15, 0.2) is 24.3 Å². The molecule has 0 radical (unpaired) electrons. The minimum absolute atomic E-state index is 0.699. The van der Waals surface area contributed by atoms with Crippen LogP contribution in [0.3, 0.4) is 0 Å². The highest BCUT2D eigenvalue weighted by Crippen LogP contribution is 2.24. The Labute approximate surface area is 88.4 Å². The second-order valence-corrected chi connectivity index (χ2v) is 4.61. The van der Waals surface area contributed by atoms with Gasteiger partial charge >= 0.3 is 0 Å². The number of rotatable bonds is 4. The summed E-state index contributed by atoms with van der Waals surface area (Å²) in [6, 6.07) is 8.88. The summed E-state index contributed by atoms with van der Waals surface area (Å²) < 4.78 is 0. The first-order valence-corrected chi connectivity index (χ1v) is 5.73. The standard InChI is InChI=1S/C14H22/c1-5-12(4)14-9-7-6-8-13(14)10-11(2)3/h6-9,11-12H,5,10H2,1-4H3. The third-order valence-corrected chi connectivity index (χ3v) is 2.83.